The van der Waals surface area contributed by atoms with Crippen molar-refractivity contribution in [3.8, 4) is 5.75 Å². The van der Waals surface area contributed by atoms with E-state index in [0.29, 0.717) is 22.5 Å². The second kappa shape index (κ2) is 5.12. The van der Waals surface area contributed by atoms with E-state index in [9.17, 15) is 9.90 Å². The Balaban J connectivity index is 1.71. The van der Waals surface area contributed by atoms with E-state index in [1.165, 1.54) is 5.56 Å². The molecule has 0 aliphatic heterocycles. The van der Waals surface area contributed by atoms with Crippen molar-refractivity contribution in [1.29, 1.82) is 0 Å². The van der Waals surface area contributed by atoms with Gasteiger partial charge in [0.05, 0.1) is 0 Å². The second-order valence-electron chi connectivity index (χ2n) is 5.72. The summed E-state index contributed by atoms with van der Waals surface area (Å²) in [4.78, 5) is 15.5. The molecule has 0 radical (unpaired) electrons. The number of fused-ring (bicyclic) bond motifs is 2. The summed E-state index contributed by atoms with van der Waals surface area (Å²) in [6.45, 7) is 1.66. The third-order valence-electron chi connectivity index (χ3n) is 4.29. The van der Waals surface area contributed by atoms with Gasteiger partial charge in [-0.05, 0) is 55.2 Å². The average molecular weight is 309 g/mol. The standard InChI is InChI=1S/C18H15NO4/c1-10-17(18(20)21)14-8-12(3-5-16(14)22-10)23-15-4-2-11-9-19-7-6-13(11)15/h3,5-9,15H,2,4H2,1H3,(H,20,21). The van der Waals surface area contributed by atoms with Crippen molar-refractivity contribution in [1.82, 2.24) is 4.98 Å². The molecule has 3 aromatic rings. The van der Waals surface area contributed by atoms with Gasteiger partial charge in [0, 0.05) is 17.8 Å². The third-order valence-corrected chi connectivity index (χ3v) is 4.29. The number of hydrogen-bond donors (Lipinski definition) is 1. The zero-order valence-electron chi connectivity index (χ0n) is 12.6. The highest BCUT2D eigenvalue weighted by Crippen LogP contribution is 2.36. The largest absolute Gasteiger partial charge is 0.486 e. The van der Waals surface area contributed by atoms with E-state index >= 15 is 0 Å². The Morgan fingerprint density at radius 3 is 3.09 bits per heavy atom. The number of carboxylic acid groups (broad SMARTS) is 1. The number of carboxylic acids is 1. The van der Waals surface area contributed by atoms with Gasteiger partial charge in [-0.15, -0.1) is 0 Å². The van der Waals surface area contributed by atoms with Crippen LogP contribution in [0.15, 0.2) is 41.1 Å². The summed E-state index contributed by atoms with van der Waals surface area (Å²) in [7, 11) is 0. The molecule has 2 heterocycles. The number of benzene rings is 1. The van der Waals surface area contributed by atoms with Gasteiger partial charge >= 0.3 is 5.97 Å². The van der Waals surface area contributed by atoms with Crippen molar-refractivity contribution in [2.45, 2.75) is 25.9 Å². The molecule has 0 spiro atoms. The lowest BCUT2D eigenvalue weighted by molar-refractivity contribution is 0.0697. The summed E-state index contributed by atoms with van der Waals surface area (Å²) in [6.07, 6.45) is 5.47. The molecule has 116 valence electrons. The number of aromatic nitrogens is 1. The molecule has 0 saturated heterocycles. The zero-order valence-corrected chi connectivity index (χ0v) is 12.6. The van der Waals surface area contributed by atoms with Crippen LogP contribution in [0.2, 0.25) is 0 Å². The Morgan fingerprint density at radius 2 is 2.26 bits per heavy atom. The highest BCUT2D eigenvalue weighted by molar-refractivity contribution is 6.03. The Bertz CT molecular complexity index is 913. The van der Waals surface area contributed by atoms with E-state index in [2.05, 4.69) is 4.98 Å². The van der Waals surface area contributed by atoms with Crippen molar-refractivity contribution in [2.75, 3.05) is 0 Å². The fraction of sp³-hybridized carbons (Fsp3) is 0.222. The maximum Gasteiger partial charge on any atom is 0.339 e. The van der Waals surface area contributed by atoms with Crippen molar-refractivity contribution in [3.63, 3.8) is 0 Å². The quantitative estimate of drug-likeness (QED) is 0.794. The molecule has 0 amide bonds. The minimum Gasteiger partial charge on any atom is -0.486 e. The molecule has 1 aliphatic rings. The highest BCUT2D eigenvalue weighted by Gasteiger charge is 2.24. The third kappa shape index (κ3) is 2.25. The first-order chi connectivity index (χ1) is 11.1. The van der Waals surface area contributed by atoms with Crippen LogP contribution in [-0.2, 0) is 6.42 Å². The van der Waals surface area contributed by atoms with Crippen LogP contribution in [0.5, 0.6) is 5.75 Å². The van der Waals surface area contributed by atoms with Gasteiger partial charge in [0.15, 0.2) is 0 Å². The van der Waals surface area contributed by atoms with E-state index in [0.717, 1.165) is 18.4 Å². The number of furan rings is 1. The predicted octanol–water partition coefficient (Wildman–Crippen LogP) is 3.90. The van der Waals surface area contributed by atoms with Gasteiger partial charge in [-0.3, -0.25) is 4.98 Å². The van der Waals surface area contributed by atoms with E-state index in [-0.39, 0.29) is 11.7 Å². The van der Waals surface area contributed by atoms with E-state index in [1.807, 2.05) is 18.3 Å². The van der Waals surface area contributed by atoms with Crippen LogP contribution < -0.4 is 4.74 Å². The smallest absolute Gasteiger partial charge is 0.339 e. The van der Waals surface area contributed by atoms with Crippen LogP contribution in [0.3, 0.4) is 0 Å². The lowest BCUT2D eigenvalue weighted by Gasteiger charge is -2.14. The summed E-state index contributed by atoms with van der Waals surface area (Å²) in [5.41, 5.74) is 3.12. The molecular formula is C18H15NO4. The lowest BCUT2D eigenvalue weighted by atomic mass is 10.1. The number of aromatic carboxylic acids is 1. The topological polar surface area (TPSA) is 72.6 Å². The molecule has 0 saturated carbocycles. The van der Waals surface area contributed by atoms with Gasteiger partial charge in [-0.25, -0.2) is 4.79 Å². The van der Waals surface area contributed by atoms with Gasteiger partial charge in [0.25, 0.3) is 0 Å². The molecular weight excluding hydrogens is 294 g/mol. The van der Waals surface area contributed by atoms with Crippen molar-refractivity contribution < 1.29 is 19.1 Å². The van der Waals surface area contributed by atoms with E-state index < -0.39 is 5.97 Å². The molecule has 5 nitrogen and oxygen atoms in total. The minimum absolute atomic E-state index is 0.0215. The molecule has 0 fully saturated rings. The molecule has 1 N–H and O–H groups in total. The first-order valence-electron chi connectivity index (χ1n) is 7.49. The SMILES string of the molecule is Cc1oc2ccc(OC3CCc4cnccc43)cc2c1C(=O)O. The number of aryl methyl sites for hydroxylation is 2. The number of nitrogens with zero attached hydrogens (tertiary/aromatic N) is 1. The van der Waals surface area contributed by atoms with Crippen molar-refractivity contribution in [2.24, 2.45) is 0 Å². The molecule has 1 atom stereocenters. The molecule has 5 heteroatoms. The molecule has 1 aliphatic carbocycles. The van der Waals surface area contributed by atoms with E-state index in [1.54, 1.807) is 25.3 Å². The predicted molar refractivity (Wildman–Crippen MR) is 83.8 cm³/mol. The highest BCUT2D eigenvalue weighted by atomic mass is 16.5. The number of hydrogen-bond acceptors (Lipinski definition) is 4. The van der Waals surface area contributed by atoms with Gasteiger partial charge in [0.2, 0.25) is 0 Å². The normalized spacial score (nSPS) is 16.5. The first-order valence-corrected chi connectivity index (χ1v) is 7.49. The summed E-state index contributed by atoms with van der Waals surface area (Å²) in [5, 5.41) is 9.92. The van der Waals surface area contributed by atoms with Crippen molar-refractivity contribution >= 4 is 16.9 Å². The maximum absolute atomic E-state index is 11.4. The van der Waals surface area contributed by atoms with Crippen LogP contribution in [-0.4, -0.2) is 16.1 Å². The Labute approximate surface area is 132 Å². The van der Waals surface area contributed by atoms with Crippen LogP contribution in [0.4, 0.5) is 0 Å². The summed E-state index contributed by atoms with van der Waals surface area (Å²) in [5.74, 6) is 0.0630. The van der Waals surface area contributed by atoms with Gasteiger partial charge < -0.3 is 14.3 Å². The summed E-state index contributed by atoms with van der Waals surface area (Å²) >= 11 is 0. The van der Waals surface area contributed by atoms with Crippen LogP contribution >= 0.6 is 0 Å². The summed E-state index contributed by atoms with van der Waals surface area (Å²) < 4.78 is 11.6. The fourth-order valence-electron chi connectivity index (χ4n) is 3.23. The van der Waals surface area contributed by atoms with Gasteiger partial charge in [-0.1, -0.05) is 0 Å². The molecule has 1 unspecified atom stereocenters. The summed E-state index contributed by atoms with van der Waals surface area (Å²) in [6, 6.07) is 7.30. The van der Waals surface area contributed by atoms with Gasteiger partial charge in [-0.2, -0.15) is 0 Å². The Hall–Kier alpha value is -2.82. The molecule has 4 rings (SSSR count). The van der Waals surface area contributed by atoms with E-state index in [4.69, 9.17) is 9.15 Å². The zero-order chi connectivity index (χ0) is 16.0. The molecule has 1 aromatic carbocycles. The van der Waals surface area contributed by atoms with Crippen LogP contribution in [0.1, 0.15) is 39.8 Å². The first kappa shape index (κ1) is 13.8. The number of carbonyl (C=O) groups is 1. The average Bonchev–Trinajstić information content (AvgIpc) is 3.07. The second-order valence-corrected chi connectivity index (χ2v) is 5.72. The minimum atomic E-state index is -0.990. The van der Waals surface area contributed by atoms with Gasteiger partial charge in [0.1, 0.15) is 28.8 Å². The molecule has 2 aromatic heterocycles. The number of ether oxygens (including phenoxy) is 1. The molecule has 0 bridgehead atoms. The fourth-order valence-corrected chi connectivity index (χ4v) is 3.23. The monoisotopic (exact) mass is 309 g/mol. The Morgan fingerprint density at radius 1 is 1.39 bits per heavy atom. The van der Waals surface area contributed by atoms with Crippen LogP contribution in [0.25, 0.3) is 11.0 Å². The van der Waals surface area contributed by atoms with Crippen molar-refractivity contribution in [3.05, 3.63) is 59.1 Å². The van der Waals surface area contributed by atoms with Crippen LogP contribution in [0, 0.1) is 6.92 Å². The number of pyridine rings is 1. The maximum atomic E-state index is 11.4. The Kier molecular flexibility index (Phi) is 3.08. The number of rotatable bonds is 3. The molecule has 23 heavy (non-hydrogen) atoms. The lowest BCUT2D eigenvalue weighted by Crippen LogP contribution is -2.03.